The maximum absolute atomic E-state index is 12.0. The molecule has 1 fully saturated rings. The summed E-state index contributed by atoms with van der Waals surface area (Å²) in [6, 6.07) is 9.34. The van der Waals surface area contributed by atoms with Gasteiger partial charge in [-0.15, -0.1) is 0 Å². The van der Waals surface area contributed by atoms with Crippen molar-refractivity contribution in [3.63, 3.8) is 0 Å². The number of benzene rings is 1. The van der Waals surface area contributed by atoms with E-state index in [0.29, 0.717) is 18.8 Å². The molecule has 1 saturated carbocycles. The van der Waals surface area contributed by atoms with Gasteiger partial charge in [-0.1, -0.05) is 43.2 Å². The van der Waals surface area contributed by atoms with E-state index in [4.69, 9.17) is 5.73 Å². The summed E-state index contributed by atoms with van der Waals surface area (Å²) in [6.07, 6.45) is 6.48. The number of primary amides is 1. The van der Waals surface area contributed by atoms with Crippen LogP contribution in [0.1, 0.15) is 44.1 Å². The molecule has 2 rings (SSSR count). The molecule has 4 nitrogen and oxygen atoms in total. The third kappa shape index (κ3) is 5.21. The Bertz CT molecular complexity index is 467. The number of aryl methyl sites for hydroxylation is 1. The minimum Gasteiger partial charge on any atom is -0.368 e. The van der Waals surface area contributed by atoms with Gasteiger partial charge >= 0.3 is 0 Å². The monoisotopic (exact) mass is 288 g/mol. The average Bonchev–Trinajstić information content (AvgIpc) is 2.97. The summed E-state index contributed by atoms with van der Waals surface area (Å²) in [7, 11) is 0. The molecule has 114 valence electrons. The van der Waals surface area contributed by atoms with Gasteiger partial charge in [0, 0.05) is 6.42 Å². The van der Waals surface area contributed by atoms with Crippen LogP contribution in [0.3, 0.4) is 0 Å². The Labute approximate surface area is 126 Å². The molecular weight excluding hydrogens is 264 g/mol. The molecule has 3 N–H and O–H groups in total. The molecule has 0 bridgehead atoms. The lowest BCUT2D eigenvalue weighted by molar-refractivity contribution is -0.128. The lowest BCUT2D eigenvalue weighted by atomic mass is 10.0. The first kappa shape index (κ1) is 15.5. The van der Waals surface area contributed by atoms with Gasteiger partial charge in [-0.05, 0) is 37.2 Å². The highest BCUT2D eigenvalue weighted by Crippen LogP contribution is 2.27. The number of carbonyl (C=O) groups is 2. The van der Waals surface area contributed by atoms with Crippen LogP contribution in [0.25, 0.3) is 0 Å². The number of hydrogen-bond acceptors (Lipinski definition) is 2. The van der Waals surface area contributed by atoms with Gasteiger partial charge in [0.2, 0.25) is 11.8 Å². The molecule has 1 aliphatic rings. The molecule has 1 aromatic rings. The molecule has 1 aromatic carbocycles. The van der Waals surface area contributed by atoms with Crippen molar-refractivity contribution in [3.8, 4) is 0 Å². The Balaban J connectivity index is 1.81. The summed E-state index contributed by atoms with van der Waals surface area (Å²) in [5.41, 5.74) is 6.55. The maximum Gasteiger partial charge on any atom is 0.240 e. The van der Waals surface area contributed by atoms with E-state index in [2.05, 4.69) is 5.32 Å². The molecule has 0 unspecified atom stereocenters. The van der Waals surface area contributed by atoms with Crippen LogP contribution in [0, 0.1) is 5.92 Å². The molecular formula is C17H24N2O2. The predicted octanol–water partition coefficient (Wildman–Crippen LogP) is 2.17. The second-order valence-electron chi connectivity index (χ2n) is 5.90. The second kappa shape index (κ2) is 7.81. The van der Waals surface area contributed by atoms with Crippen molar-refractivity contribution in [3.05, 3.63) is 35.9 Å². The summed E-state index contributed by atoms with van der Waals surface area (Å²) >= 11 is 0. The summed E-state index contributed by atoms with van der Waals surface area (Å²) in [5.74, 6) is -0.0166. The van der Waals surface area contributed by atoms with Crippen molar-refractivity contribution in [1.82, 2.24) is 5.32 Å². The topological polar surface area (TPSA) is 72.2 Å². The van der Waals surface area contributed by atoms with E-state index in [9.17, 15) is 9.59 Å². The standard InChI is InChI=1S/C17H24N2O2/c18-17(21)15(11-10-13-6-2-1-3-7-13)19-16(20)12-14-8-4-5-9-14/h1-3,6-7,14-15H,4-5,8-12H2,(H2,18,21)(H,19,20)/t15-/m1/s1. The van der Waals surface area contributed by atoms with Gasteiger partial charge in [0.05, 0.1) is 0 Å². The number of nitrogens with two attached hydrogens (primary N) is 1. The van der Waals surface area contributed by atoms with Crippen LogP contribution in [0.15, 0.2) is 30.3 Å². The summed E-state index contributed by atoms with van der Waals surface area (Å²) in [4.78, 5) is 23.5. The first-order chi connectivity index (χ1) is 10.1. The molecule has 0 saturated heterocycles. The largest absolute Gasteiger partial charge is 0.368 e. The van der Waals surface area contributed by atoms with Crippen LogP contribution in [0.2, 0.25) is 0 Å². The summed E-state index contributed by atoms with van der Waals surface area (Å²) in [6.45, 7) is 0. The zero-order chi connectivity index (χ0) is 15.1. The minimum absolute atomic E-state index is 0.0428. The summed E-state index contributed by atoms with van der Waals surface area (Å²) in [5, 5.41) is 2.80. The number of hydrogen-bond donors (Lipinski definition) is 2. The summed E-state index contributed by atoms with van der Waals surface area (Å²) < 4.78 is 0. The van der Waals surface area contributed by atoms with Crippen LogP contribution in [-0.4, -0.2) is 17.9 Å². The quantitative estimate of drug-likeness (QED) is 0.807. The zero-order valence-electron chi connectivity index (χ0n) is 12.4. The Morgan fingerprint density at radius 2 is 1.86 bits per heavy atom. The third-order valence-electron chi connectivity index (χ3n) is 4.19. The normalized spacial score (nSPS) is 16.6. The van der Waals surface area contributed by atoms with Crippen LogP contribution in [0.4, 0.5) is 0 Å². The smallest absolute Gasteiger partial charge is 0.240 e. The highest BCUT2D eigenvalue weighted by atomic mass is 16.2. The molecule has 21 heavy (non-hydrogen) atoms. The van der Waals surface area contributed by atoms with E-state index in [0.717, 1.165) is 24.8 Å². The number of amides is 2. The van der Waals surface area contributed by atoms with Gasteiger partial charge in [-0.2, -0.15) is 0 Å². The second-order valence-corrected chi connectivity index (χ2v) is 5.90. The van der Waals surface area contributed by atoms with Gasteiger partial charge in [-0.3, -0.25) is 9.59 Å². The Hall–Kier alpha value is -1.84. The molecule has 0 spiro atoms. The van der Waals surface area contributed by atoms with Crippen LogP contribution >= 0.6 is 0 Å². The van der Waals surface area contributed by atoms with Crippen molar-refractivity contribution in [2.24, 2.45) is 11.7 Å². The molecule has 0 heterocycles. The van der Waals surface area contributed by atoms with Crippen molar-refractivity contribution in [1.29, 1.82) is 0 Å². The van der Waals surface area contributed by atoms with Gasteiger partial charge < -0.3 is 11.1 Å². The molecule has 0 radical (unpaired) electrons. The maximum atomic E-state index is 12.0. The zero-order valence-corrected chi connectivity index (χ0v) is 12.4. The SMILES string of the molecule is NC(=O)[C@@H](CCc1ccccc1)NC(=O)CC1CCCC1. The van der Waals surface area contributed by atoms with E-state index in [1.165, 1.54) is 12.8 Å². The Morgan fingerprint density at radius 1 is 1.19 bits per heavy atom. The Morgan fingerprint density at radius 3 is 2.48 bits per heavy atom. The molecule has 1 atom stereocenters. The van der Waals surface area contributed by atoms with Crippen molar-refractivity contribution < 1.29 is 9.59 Å². The van der Waals surface area contributed by atoms with Crippen molar-refractivity contribution >= 4 is 11.8 Å². The first-order valence-electron chi connectivity index (χ1n) is 7.78. The van der Waals surface area contributed by atoms with Crippen molar-refractivity contribution in [2.75, 3.05) is 0 Å². The van der Waals surface area contributed by atoms with Crippen molar-refractivity contribution in [2.45, 2.75) is 51.0 Å². The van der Waals surface area contributed by atoms with E-state index in [1.54, 1.807) is 0 Å². The fourth-order valence-corrected chi connectivity index (χ4v) is 2.97. The Kier molecular flexibility index (Phi) is 5.78. The lowest BCUT2D eigenvalue weighted by Gasteiger charge is -2.17. The van der Waals surface area contributed by atoms with E-state index in [-0.39, 0.29) is 5.91 Å². The van der Waals surface area contributed by atoms with Gasteiger partial charge in [0.25, 0.3) is 0 Å². The number of rotatable bonds is 7. The molecule has 0 aliphatic heterocycles. The van der Waals surface area contributed by atoms with Gasteiger partial charge in [0.1, 0.15) is 6.04 Å². The molecule has 0 aromatic heterocycles. The lowest BCUT2D eigenvalue weighted by Crippen LogP contribution is -2.45. The van der Waals surface area contributed by atoms with Gasteiger partial charge in [0.15, 0.2) is 0 Å². The van der Waals surface area contributed by atoms with Crippen LogP contribution in [0.5, 0.6) is 0 Å². The van der Waals surface area contributed by atoms with Gasteiger partial charge in [-0.25, -0.2) is 0 Å². The molecule has 2 amide bonds. The number of nitrogens with one attached hydrogen (secondary N) is 1. The molecule has 1 aliphatic carbocycles. The predicted molar refractivity (Wildman–Crippen MR) is 82.5 cm³/mol. The molecule has 4 heteroatoms. The van der Waals surface area contributed by atoms with Crippen LogP contribution in [-0.2, 0) is 16.0 Å². The number of carbonyl (C=O) groups excluding carboxylic acids is 2. The van der Waals surface area contributed by atoms with E-state index < -0.39 is 11.9 Å². The average molecular weight is 288 g/mol. The first-order valence-corrected chi connectivity index (χ1v) is 7.78. The fraction of sp³-hybridized carbons (Fsp3) is 0.529. The fourth-order valence-electron chi connectivity index (χ4n) is 2.97. The highest BCUT2D eigenvalue weighted by molar-refractivity contribution is 5.86. The van der Waals surface area contributed by atoms with E-state index in [1.807, 2.05) is 30.3 Å². The van der Waals surface area contributed by atoms with Crippen LogP contribution < -0.4 is 11.1 Å². The van der Waals surface area contributed by atoms with E-state index >= 15 is 0 Å². The third-order valence-corrected chi connectivity index (χ3v) is 4.19. The highest BCUT2D eigenvalue weighted by Gasteiger charge is 2.22. The minimum atomic E-state index is -0.570.